The summed E-state index contributed by atoms with van der Waals surface area (Å²) in [5.41, 5.74) is 3.05. The summed E-state index contributed by atoms with van der Waals surface area (Å²) in [7, 11) is 0. The zero-order valence-electron chi connectivity index (χ0n) is 20.8. The lowest BCUT2D eigenvalue weighted by atomic mass is 9.77. The van der Waals surface area contributed by atoms with E-state index in [4.69, 9.17) is 16.6 Å². The van der Waals surface area contributed by atoms with E-state index >= 15 is 0 Å². The molecular weight excluding hydrogens is 446 g/mol. The Balaban J connectivity index is 1.66. The molecule has 3 heterocycles. The van der Waals surface area contributed by atoms with Crippen LogP contribution in [0.25, 0.3) is 0 Å². The number of aromatic nitrogens is 2. The maximum absolute atomic E-state index is 13.5. The van der Waals surface area contributed by atoms with E-state index in [1.54, 1.807) is 6.33 Å². The van der Waals surface area contributed by atoms with Gasteiger partial charge in [0.1, 0.15) is 17.7 Å². The van der Waals surface area contributed by atoms with Crippen molar-refractivity contribution in [3.8, 4) is 0 Å². The van der Waals surface area contributed by atoms with Crippen LogP contribution in [0.3, 0.4) is 0 Å². The van der Waals surface area contributed by atoms with Crippen molar-refractivity contribution in [2.75, 3.05) is 24.5 Å². The molecule has 0 saturated carbocycles. The summed E-state index contributed by atoms with van der Waals surface area (Å²) >= 11 is 6.54. The Hall–Kier alpha value is -2.18. The van der Waals surface area contributed by atoms with Crippen LogP contribution >= 0.6 is 11.6 Å². The van der Waals surface area contributed by atoms with Crippen molar-refractivity contribution in [2.45, 2.75) is 82.8 Å². The number of fused-ring (bicyclic) bond motifs is 1. The molecule has 2 aliphatic heterocycles. The van der Waals surface area contributed by atoms with Crippen LogP contribution in [-0.2, 0) is 16.8 Å². The van der Waals surface area contributed by atoms with Gasteiger partial charge in [0.15, 0.2) is 0 Å². The number of amides is 1. The Morgan fingerprint density at radius 1 is 1.24 bits per heavy atom. The van der Waals surface area contributed by atoms with Gasteiger partial charge in [0.05, 0.1) is 0 Å². The van der Waals surface area contributed by atoms with Gasteiger partial charge in [-0.2, -0.15) is 0 Å². The van der Waals surface area contributed by atoms with E-state index in [0.717, 1.165) is 43.6 Å². The lowest BCUT2D eigenvalue weighted by Crippen LogP contribution is -2.69. The van der Waals surface area contributed by atoms with E-state index in [0.29, 0.717) is 30.5 Å². The first-order chi connectivity index (χ1) is 16.2. The zero-order chi connectivity index (χ0) is 24.1. The summed E-state index contributed by atoms with van der Waals surface area (Å²) in [5.74, 6) is 1.68. The van der Waals surface area contributed by atoms with Crippen molar-refractivity contribution >= 4 is 23.3 Å². The fraction of sp³-hybridized carbons (Fsp3) is 0.593. The lowest BCUT2D eigenvalue weighted by molar-refractivity contribution is -0.140. The van der Waals surface area contributed by atoms with E-state index in [9.17, 15) is 4.79 Å². The number of aryl methyl sites for hydroxylation is 1. The molecule has 2 fully saturated rings. The van der Waals surface area contributed by atoms with Gasteiger partial charge in [0.25, 0.3) is 0 Å². The molecule has 0 spiro atoms. The maximum Gasteiger partial charge on any atom is 0.223 e. The smallest absolute Gasteiger partial charge is 0.223 e. The van der Waals surface area contributed by atoms with Gasteiger partial charge < -0.3 is 15.1 Å². The van der Waals surface area contributed by atoms with Crippen LogP contribution in [0.5, 0.6) is 0 Å². The molecule has 2 saturated heterocycles. The molecule has 1 amide bonds. The average molecular weight is 482 g/mol. The monoisotopic (exact) mass is 481 g/mol. The van der Waals surface area contributed by atoms with E-state index in [2.05, 4.69) is 53.0 Å². The molecule has 3 aliphatic rings. The Kier molecular flexibility index (Phi) is 6.09. The molecule has 5 rings (SSSR count). The van der Waals surface area contributed by atoms with Crippen LogP contribution in [0.4, 0.5) is 5.82 Å². The molecule has 3 atom stereocenters. The number of piperazine rings is 1. The third kappa shape index (κ3) is 3.89. The van der Waals surface area contributed by atoms with Gasteiger partial charge in [-0.1, -0.05) is 37.6 Å². The quantitative estimate of drug-likeness (QED) is 0.687. The minimum atomic E-state index is -0.538. The van der Waals surface area contributed by atoms with Crippen molar-refractivity contribution in [3.05, 3.63) is 52.4 Å². The van der Waals surface area contributed by atoms with Crippen LogP contribution in [0, 0.1) is 0 Å². The van der Waals surface area contributed by atoms with Crippen LogP contribution in [0.2, 0.25) is 5.02 Å². The SMILES string of the molecule is CCC(=O)N1CCN(c2ncnc3c2[C@H](C)CC3)C[C@@]1(c1cccc(Cl)c1)[C@@H]1CCC(C)(C)N1. The molecule has 1 aromatic heterocycles. The van der Waals surface area contributed by atoms with Gasteiger partial charge in [0.2, 0.25) is 5.91 Å². The van der Waals surface area contributed by atoms with Gasteiger partial charge >= 0.3 is 0 Å². The maximum atomic E-state index is 13.5. The van der Waals surface area contributed by atoms with Crippen molar-refractivity contribution < 1.29 is 4.79 Å². The Morgan fingerprint density at radius 2 is 2.06 bits per heavy atom. The summed E-state index contributed by atoms with van der Waals surface area (Å²) in [6.45, 7) is 10.9. The minimum absolute atomic E-state index is 0.0180. The van der Waals surface area contributed by atoms with E-state index in [-0.39, 0.29) is 17.5 Å². The Bertz CT molecular complexity index is 1090. The highest BCUT2D eigenvalue weighted by atomic mass is 35.5. The molecule has 6 nitrogen and oxygen atoms in total. The minimum Gasteiger partial charge on any atom is -0.352 e. The predicted molar refractivity (Wildman–Crippen MR) is 136 cm³/mol. The molecule has 0 unspecified atom stereocenters. The van der Waals surface area contributed by atoms with Gasteiger partial charge in [-0.3, -0.25) is 4.79 Å². The highest BCUT2D eigenvalue weighted by molar-refractivity contribution is 6.30. The second-order valence-corrected chi connectivity index (χ2v) is 11.3. The van der Waals surface area contributed by atoms with Gasteiger partial charge in [-0.05, 0) is 63.1 Å². The number of anilines is 1. The molecule has 1 N–H and O–H groups in total. The van der Waals surface area contributed by atoms with Crippen LogP contribution in [0.15, 0.2) is 30.6 Å². The number of hydrogen-bond acceptors (Lipinski definition) is 5. The standard InChI is InChI=1S/C27H36ClN5O/c1-5-23(34)33-14-13-32(25-24-18(2)9-10-21(24)29-17-30-25)16-27(33,19-7-6-8-20(28)15-19)22-11-12-26(3,4)31-22/h6-8,15,17-18,22,31H,5,9-14,16H2,1-4H3/t18-,22+,27-/m1/s1. The normalized spacial score (nSPS) is 28.3. The molecule has 2 aromatic rings. The Morgan fingerprint density at radius 3 is 2.76 bits per heavy atom. The molecule has 1 aliphatic carbocycles. The molecular formula is C27H36ClN5O. The fourth-order valence-electron chi connectivity index (χ4n) is 6.45. The fourth-order valence-corrected chi connectivity index (χ4v) is 6.64. The van der Waals surface area contributed by atoms with Crippen molar-refractivity contribution in [3.63, 3.8) is 0 Å². The van der Waals surface area contributed by atoms with Crippen LogP contribution in [-0.4, -0.2) is 52.0 Å². The molecule has 7 heteroatoms. The van der Waals surface area contributed by atoms with Gasteiger partial charge in [0, 0.05) is 53.9 Å². The summed E-state index contributed by atoms with van der Waals surface area (Å²) < 4.78 is 0. The molecule has 0 bridgehead atoms. The van der Waals surface area contributed by atoms with Crippen molar-refractivity contribution in [2.24, 2.45) is 0 Å². The summed E-state index contributed by atoms with van der Waals surface area (Å²) in [6, 6.07) is 8.24. The number of nitrogens with zero attached hydrogens (tertiary/aromatic N) is 4. The molecule has 182 valence electrons. The number of nitrogens with one attached hydrogen (secondary N) is 1. The third-order valence-corrected chi connectivity index (χ3v) is 8.42. The number of benzene rings is 1. The van der Waals surface area contributed by atoms with Crippen LogP contribution < -0.4 is 10.2 Å². The number of hydrogen-bond donors (Lipinski definition) is 1. The molecule has 34 heavy (non-hydrogen) atoms. The first-order valence-electron chi connectivity index (χ1n) is 12.7. The van der Waals surface area contributed by atoms with E-state index in [1.807, 2.05) is 19.1 Å². The highest BCUT2D eigenvalue weighted by Gasteiger charge is 2.54. The molecule has 0 radical (unpaired) electrons. The van der Waals surface area contributed by atoms with Crippen molar-refractivity contribution in [1.29, 1.82) is 0 Å². The number of carbonyl (C=O) groups is 1. The number of carbonyl (C=O) groups excluding carboxylic acids is 1. The van der Waals surface area contributed by atoms with E-state index in [1.165, 1.54) is 11.3 Å². The second kappa shape index (κ2) is 8.80. The summed E-state index contributed by atoms with van der Waals surface area (Å²) in [4.78, 5) is 27.4. The number of halogens is 1. The average Bonchev–Trinajstić information content (AvgIpc) is 3.40. The number of rotatable bonds is 4. The summed E-state index contributed by atoms with van der Waals surface area (Å²) in [5, 5.41) is 4.61. The second-order valence-electron chi connectivity index (χ2n) is 10.9. The largest absolute Gasteiger partial charge is 0.352 e. The van der Waals surface area contributed by atoms with Gasteiger partial charge in [-0.25, -0.2) is 9.97 Å². The lowest BCUT2D eigenvalue weighted by Gasteiger charge is -2.55. The van der Waals surface area contributed by atoms with Crippen molar-refractivity contribution in [1.82, 2.24) is 20.2 Å². The molecule has 1 aromatic carbocycles. The van der Waals surface area contributed by atoms with Gasteiger partial charge in [-0.15, -0.1) is 0 Å². The van der Waals surface area contributed by atoms with Crippen LogP contribution in [0.1, 0.15) is 76.1 Å². The Labute approximate surface area is 208 Å². The summed E-state index contributed by atoms with van der Waals surface area (Å²) in [6.07, 6.45) is 6.39. The highest BCUT2D eigenvalue weighted by Crippen LogP contribution is 2.45. The zero-order valence-corrected chi connectivity index (χ0v) is 21.5. The third-order valence-electron chi connectivity index (χ3n) is 8.19. The van der Waals surface area contributed by atoms with E-state index < -0.39 is 5.54 Å². The first-order valence-corrected chi connectivity index (χ1v) is 13.1. The first kappa shape index (κ1) is 23.6. The predicted octanol–water partition coefficient (Wildman–Crippen LogP) is 4.66. The topological polar surface area (TPSA) is 61.4 Å².